The summed E-state index contributed by atoms with van der Waals surface area (Å²) in [6.45, 7) is 0. The maximum absolute atomic E-state index is 11.9. The van der Waals surface area contributed by atoms with Crippen molar-refractivity contribution in [2.45, 2.75) is 6.04 Å². The third kappa shape index (κ3) is 3.24. The molecule has 21 heavy (non-hydrogen) atoms. The first kappa shape index (κ1) is 14.3. The van der Waals surface area contributed by atoms with E-state index < -0.39 is 22.8 Å². The lowest BCUT2D eigenvalue weighted by molar-refractivity contribution is -0.384. The fourth-order valence-electron chi connectivity index (χ4n) is 1.76. The first-order chi connectivity index (χ1) is 9.99. The zero-order valence-corrected chi connectivity index (χ0v) is 10.6. The summed E-state index contributed by atoms with van der Waals surface area (Å²) in [5, 5.41) is 22.0. The van der Waals surface area contributed by atoms with Gasteiger partial charge in [0, 0.05) is 6.07 Å². The van der Waals surface area contributed by atoms with Crippen LogP contribution in [0.25, 0.3) is 0 Å². The minimum atomic E-state index is -1.24. The van der Waals surface area contributed by atoms with Crippen molar-refractivity contribution in [3.8, 4) is 0 Å². The second kappa shape index (κ2) is 5.87. The average Bonchev–Trinajstić information content (AvgIpc) is 2.95. The molecule has 0 spiro atoms. The Hall–Kier alpha value is -3.16. The molecule has 1 atom stereocenters. The SMILES string of the molecule is O=C(N[C@@H](C(=O)O)c1ccccc1)c1cc([N+](=O)[O-])c[nH]1. The zero-order valence-electron chi connectivity index (χ0n) is 10.6. The number of nitro groups is 1. The number of carboxylic acid groups (broad SMARTS) is 1. The predicted molar refractivity (Wildman–Crippen MR) is 71.7 cm³/mol. The summed E-state index contributed by atoms with van der Waals surface area (Å²) in [5.41, 5.74) is 0.0509. The van der Waals surface area contributed by atoms with E-state index in [2.05, 4.69) is 10.3 Å². The molecule has 0 unspecified atom stereocenters. The van der Waals surface area contributed by atoms with Crippen LogP contribution >= 0.6 is 0 Å². The maximum atomic E-state index is 11.9. The number of carboxylic acids is 1. The molecule has 0 saturated carbocycles. The Balaban J connectivity index is 2.19. The van der Waals surface area contributed by atoms with Crippen LogP contribution in [0.3, 0.4) is 0 Å². The maximum Gasteiger partial charge on any atom is 0.330 e. The highest BCUT2D eigenvalue weighted by Gasteiger charge is 2.24. The second-order valence-electron chi connectivity index (χ2n) is 4.18. The van der Waals surface area contributed by atoms with E-state index in [1.54, 1.807) is 30.3 Å². The lowest BCUT2D eigenvalue weighted by Crippen LogP contribution is -2.33. The molecule has 1 aromatic heterocycles. The van der Waals surface area contributed by atoms with Gasteiger partial charge in [-0.2, -0.15) is 0 Å². The molecule has 0 saturated heterocycles. The van der Waals surface area contributed by atoms with Gasteiger partial charge in [-0.15, -0.1) is 0 Å². The van der Waals surface area contributed by atoms with Gasteiger partial charge in [0.15, 0.2) is 6.04 Å². The van der Waals surface area contributed by atoms with Gasteiger partial charge >= 0.3 is 5.97 Å². The molecule has 8 nitrogen and oxygen atoms in total. The number of H-pyrrole nitrogens is 1. The number of amides is 1. The fourth-order valence-corrected chi connectivity index (χ4v) is 1.76. The largest absolute Gasteiger partial charge is 0.479 e. The van der Waals surface area contributed by atoms with Gasteiger partial charge in [-0.25, -0.2) is 4.79 Å². The summed E-state index contributed by atoms with van der Waals surface area (Å²) in [6, 6.07) is 7.96. The van der Waals surface area contributed by atoms with E-state index in [0.29, 0.717) is 5.56 Å². The van der Waals surface area contributed by atoms with Crippen molar-refractivity contribution >= 4 is 17.6 Å². The molecular weight excluding hydrogens is 278 g/mol. The number of carbonyl (C=O) groups is 2. The number of carbonyl (C=O) groups excluding carboxylic acids is 1. The predicted octanol–water partition coefficient (Wildman–Crippen LogP) is 1.48. The molecule has 1 aromatic carbocycles. The molecule has 1 heterocycles. The Morgan fingerprint density at radius 2 is 1.95 bits per heavy atom. The van der Waals surface area contributed by atoms with E-state index in [1.807, 2.05) is 0 Å². The van der Waals surface area contributed by atoms with Crippen molar-refractivity contribution in [3.05, 3.63) is 64.0 Å². The van der Waals surface area contributed by atoms with Gasteiger partial charge in [0.2, 0.25) is 0 Å². The Kier molecular flexibility index (Phi) is 3.98. The van der Waals surface area contributed by atoms with Crippen LogP contribution in [-0.4, -0.2) is 26.9 Å². The summed E-state index contributed by atoms with van der Waals surface area (Å²) >= 11 is 0. The van der Waals surface area contributed by atoms with Gasteiger partial charge < -0.3 is 15.4 Å². The third-order valence-electron chi connectivity index (χ3n) is 2.78. The van der Waals surface area contributed by atoms with Crippen LogP contribution < -0.4 is 5.32 Å². The molecule has 0 bridgehead atoms. The summed E-state index contributed by atoms with van der Waals surface area (Å²) < 4.78 is 0. The number of hydrogen-bond donors (Lipinski definition) is 3. The molecule has 8 heteroatoms. The summed E-state index contributed by atoms with van der Waals surface area (Å²) in [7, 11) is 0. The molecule has 0 aliphatic rings. The third-order valence-corrected chi connectivity index (χ3v) is 2.78. The Labute approximate surface area is 118 Å². The van der Waals surface area contributed by atoms with E-state index in [1.165, 1.54) is 0 Å². The van der Waals surface area contributed by atoms with E-state index in [4.69, 9.17) is 0 Å². The van der Waals surface area contributed by atoms with Gasteiger partial charge in [0.1, 0.15) is 5.69 Å². The summed E-state index contributed by atoms with van der Waals surface area (Å²) in [5.74, 6) is -1.96. The minimum Gasteiger partial charge on any atom is -0.479 e. The highest BCUT2D eigenvalue weighted by atomic mass is 16.6. The van der Waals surface area contributed by atoms with E-state index in [0.717, 1.165) is 12.3 Å². The molecule has 1 amide bonds. The number of rotatable bonds is 5. The van der Waals surface area contributed by atoms with Crippen LogP contribution in [0.1, 0.15) is 22.1 Å². The minimum absolute atomic E-state index is 0.0797. The Morgan fingerprint density at radius 1 is 1.29 bits per heavy atom. The lowest BCUT2D eigenvalue weighted by Gasteiger charge is -2.14. The van der Waals surface area contributed by atoms with Gasteiger partial charge in [0.05, 0.1) is 11.1 Å². The number of aliphatic carboxylic acids is 1. The number of benzene rings is 1. The average molecular weight is 289 g/mol. The summed E-state index contributed by atoms with van der Waals surface area (Å²) in [6.07, 6.45) is 1.06. The van der Waals surface area contributed by atoms with Gasteiger partial charge in [-0.1, -0.05) is 30.3 Å². The van der Waals surface area contributed by atoms with Crippen molar-refractivity contribution in [3.63, 3.8) is 0 Å². The monoisotopic (exact) mass is 289 g/mol. The molecule has 3 N–H and O–H groups in total. The lowest BCUT2D eigenvalue weighted by atomic mass is 10.1. The van der Waals surface area contributed by atoms with Gasteiger partial charge in [0.25, 0.3) is 11.6 Å². The quantitative estimate of drug-likeness (QED) is 0.567. The highest BCUT2D eigenvalue weighted by Crippen LogP contribution is 2.16. The van der Waals surface area contributed by atoms with Crippen molar-refractivity contribution in [2.24, 2.45) is 0 Å². The van der Waals surface area contributed by atoms with Crippen molar-refractivity contribution in [1.82, 2.24) is 10.3 Å². The van der Waals surface area contributed by atoms with Crippen molar-refractivity contribution < 1.29 is 19.6 Å². The topological polar surface area (TPSA) is 125 Å². The van der Waals surface area contributed by atoms with E-state index in [9.17, 15) is 24.8 Å². The van der Waals surface area contributed by atoms with Crippen LogP contribution in [0.15, 0.2) is 42.6 Å². The van der Waals surface area contributed by atoms with Crippen molar-refractivity contribution in [1.29, 1.82) is 0 Å². The van der Waals surface area contributed by atoms with Crippen molar-refractivity contribution in [2.75, 3.05) is 0 Å². The number of nitrogens with zero attached hydrogens (tertiary/aromatic N) is 1. The molecule has 2 rings (SSSR count). The van der Waals surface area contributed by atoms with Crippen LogP contribution in [0.2, 0.25) is 0 Å². The molecule has 0 aliphatic heterocycles. The molecule has 0 aliphatic carbocycles. The Morgan fingerprint density at radius 3 is 2.48 bits per heavy atom. The van der Waals surface area contributed by atoms with Crippen LogP contribution in [0.5, 0.6) is 0 Å². The molecular formula is C13H11N3O5. The number of aromatic amines is 1. The van der Waals surface area contributed by atoms with Crippen LogP contribution in [0, 0.1) is 10.1 Å². The van der Waals surface area contributed by atoms with E-state index in [-0.39, 0.29) is 11.4 Å². The molecule has 2 aromatic rings. The number of aromatic nitrogens is 1. The zero-order chi connectivity index (χ0) is 15.4. The van der Waals surface area contributed by atoms with E-state index >= 15 is 0 Å². The smallest absolute Gasteiger partial charge is 0.330 e. The molecule has 108 valence electrons. The summed E-state index contributed by atoms with van der Waals surface area (Å²) in [4.78, 5) is 35.5. The fraction of sp³-hybridized carbons (Fsp3) is 0.0769. The number of hydrogen-bond acceptors (Lipinski definition) is 4. The van der Waals surface area contributed by atoms with Gasteiger partial charge in [-0.05, 0) is 5.56 Å². The normalized spacial score (nSPS) is 11.6. The second-order valence-corrected chi connectivity index (χ2v) is 4.18. The van der Waals surface area contributed by atoms with Crippen LogP contribution in [-0.2, 0) is 4.79 Å². The highest BCUT2D eigenvalue weighted by molar-refractivity contribution is 5.95. The van der Waals surface area contributed by atoms with Crippen LogP contribution in [0.4, 0.5) is 5.69 Å². The first-order valence-electron chi connectivity index (χ1n) is 5.90. The standard InChI is InChI=1S/C13H11N3O5/c17-12(10-6-9(7-14-10)16(20)21)15-11(13(18)19)8-4-2-1-3-5-8/h1-7,11,14H,(H,15,17)(H,18,19)/t11-/m1/s1. The van der Waals surface area contributed by atoms with Gasteiger partial charge in [-0.3, -0.25) is 14.9 Å². The first-order valence-corrected chi connectivity index (χ1v) is 5.90. The number of nitrogens with one attached hydrogen (secondary N) is 2. The molecule has 0 fully saturated rings. The Bertz CT molecular complexity index is 680. The molecule has 0 radical (unpaired) electrons.